The monoisotopic (exact) mass is 359 g/mol. The molecule has 1 N–H and O–H groups in total. The molecule has 1 rings (SSSR count). The lowest BCUT2D eigenvalue weighted by Crippen LogP contribution is -2.36. The van der Waals surface area contributed by atoms with Gasteiger partial charge in [0.05, 0.1) is 13.2 Å². The molecule has 0 bridgehead atoms. The van der Waals surface area contributed by atoms with Crippen molar-refractivity contribution in [3.63, 3.8) is 0 Å². The van der Waals surface area contributed by atoms with Gasteiger partial charge in [0.1, 0.15) is 0 Å². The fourth-order valence-corrected chi connectivity index (χ4v) is 4.28. The minimum absolute atomic E-state index is 0.00260. The highest BCUT2D eigenvalue weighted by molar-refractivity contribution is 7.55. The average Bonchev–Trinajstić information content (AvgIpc) is 2.46. The highest BCUT2D eigenvalue weighted by Gasteiger charge is 2.55. The summed E-state index contributed by atoms with van der Waals surface area (Å²) >= 11 is 0. The molecule has 0 aromatic heterocycles. The van der Waals surface area contributed by atoms with E-state index in [4.69, 9.17) is 9.05 Å². The van der Waals surface area contributed by atoms with E-state index in [9.17, 15) is 19.8 Å². The van der Waals surface area contributed by atoms with Crippen molar-refractivity contribution in [1.82, 2.24) is 0 Å². The Morgan fingerprint density at radius 2 is 1.50 bits per heavy atom. The first-order valence-electron chi connectivity index (χ1n) is 7.84. The minimum Gasteiger partial charge on any atom is -0.368 e. The van der Waals surface area contributed by atoms with Crippen LogP contribution in [0.5, 0.6) is 0 Å². The second-order valence-electron chi connectivity index (χ2n) is 6.47. The molecule has 1 aromatic rings. The van der Waals surface area contributed by atoms with Crippen LogP contribution in [0.3, 0.4) is 0 Å². The summed E-state index contributed by atoms with van der Waals surface area (Å²) in [5.41, 5.74) is 0.998. The summed E-state index contributed by atoms with van der Waals surface area (Å²) in [6, 6.07) is 6.58. The lowest BCUT2D eigenvalue weighted by molar-refractivity contribution is -0.496. The Kier molecular flexibility index (Phi) is 6.70. The second kappa shape index (κ2) is 7.74. The van der Waals surface area contributed by atoms with Crippen LogP contribution in [-0.2, 0) is 24.4 Å². The van der Waals surface area contributed by atoms with E-state index in [2.05, 4.69) is 0 Å². The van der Waals surface area contributed by atoms with E-state index in [-0.39, 0.29) is 24.2 Å². The third-order valence-corrected chi connectivity index (χ3v) is 6.12. The molecule has 0 heterocycles. The molecule has 1 atom stereocenters. The van der Waals surface area contributed by atoms with Crippen LogP contribution in [0.25, 0.3) is 0 Å². The van der Waals surface area contributed by atoms with Crippen LogP contribution in [0, 0.1) is 10.1 Å². The van der Waals surface area contributed by atoms with E-state index in [0.29, 0.717) is 0 Å². The normalized spacial score (nSPS) is 15.1. The molecular formula is C16H26NO6P. The van der Waals surface area contributed by atoms with Crippen LogP contribution in [0.4, 0.5) is 0 Å². The molecule has 1 aromatic carbocycles. The Balaban J connectivity index is 3.44. The zero-order valence-corrected chi connectivity index (χ0v) is 15.7. The van der Waals surface area contributed by atoms with Crippen LogP contribution >= 0.6 is 7.60 Å². The smallest absolute Gasteiger partial charge is 0.368 e. The second-order valence-corrected chi connectivity index (χ2v) is 8.72. The van der Waals surface area contributed by atoms with Gasteiger partial charge in [-0.15, -0.1) is 0 Å². The highest BCUT2D eigenvalue weighted by Crippen LogP contribution is 2.63. The van der Waals surface area contributed by atoms with Crippen molar-refractivity contribution in [2.75, 3.05) is 19.8 Å². The van der Waals surface area contributed by atoms with Crippen LogP contribution in [0.2, 0.25) is 0 Å². The van der Waals surface area contributed by atoms with Crippen LogP contribution in [-0.4, -0.2) is 29.8 Å². The van der Waals surface area contributed by atoms with Crippen molar-refractivity contribution in [2.45, 2.75) is 45.4 Å². The van der Waals surface area contributed by atoms with Crippen molar-refractivity contribution in [2.24, 2.45) is 0 Å². The Hall–Kier alpha value is -1.27. The molecule has 1 unspecified atom stereocenters. The molecule has 0 saturated carbocycles. The number of nitro groups is 1. The number of aliphatic hydroxyl groups is 1. The highest BCUT2D eigenvalue weighted by atomic mass is 31.2. The fraction of sp³-hybridized carbons (Fsp3) is 0.625. The van der Waals surface area contributed by atoms with Crippen LogP contribution < -0.4 is 0 Å². The van der Waals surface area contributed by atoms with E-state index >= 15 is 0 Å². The maximum atomic E-state index is 13.1. The summed E-state index contributed by atoms with van der Waals surface area (Å²) in [6.45, 7) is 8.26. The maximum absolute atomic E-state index is 13.1. The van der Waals surface area contributed by atoms with E-state index in [1.165, 1.54) is 12.1 Å². The predicted octanol–water partition coefficient (Wildman–Crippen LogP) is 3.67. The molecule has 24 heavy (non-hydrogen) atoms. The number of nitrogens with zero attached hydrogens (tertiary/aromatic N) is 1. The Labute approximate surface area is 142 Å². The molecule has 0 aliphatic heterocycles. The van der Waals surface area contributed by atoms with Crippen molar-refractivity contribution >= 4 is 7.60 Å². The van der Waals surface area contributed by atoms with Gasteiger partial charge in [0.25, 0.3) is 5.34 Å². The maximum Gasteiger partial charge on any atom is 0.373 e. The minimum atomic E-state index is -4.16. The lowest BCUT2D eigenvalue weighted by Gasteiger charge is -2.32. The van der Waals surface area contributed by atoms with Gasteiger partial charge < -0.3 is 14.2 Å². The number of hydrogen-bond acceptors (Lipinski definition) is 6. The molecule has 0 fully saturated rings. The standard InChI is InChI=1S/C16H26NO6P/c1-6-22-24(21,23-7-2)16(18,12-17(19)20)14-10-8-13(9-11-14)15(3,4)5/h8-11,18H,6-7,12H2,1-5H3. The third kappa shape index (κ3) is 4.42. The average molecular weight is 359 g/mol. The van der Waals surface area contributed by atoms with Gasteiger partial charge in [-0.25, -0.2) is 0 Å². The number of hydrogen-bond donors (Lipinski definition) is 1. The molecule has 0 spiro atoms. The summed E-state index contributed by atoms with van der Waals surface area (Å²) in [6.07, 6.45) is 0. The molecule has 136 valence electrons. The quantitative estimate of drug-likeness (QED) is 0.432. The Morgan fingerprint density at radius 1 is 1.08 bits per heavy atom. The van der Waals surface area contributed by atoms with Gasteiger partial charge in [0, 0.05) is 10.5 Å². The molecule has 0 aliphatic rings. The van der Waals surface area contributed by atoms with Crippen molar-refractivity contribution in [3.8, 4) is 0 Å². The molecular weight excluding hydrogens is 333 g/mol. The predicted molar refractivity (Wildman–Crippen MR) is 91.8 cm³/mol. The lowest BCUT2D eigenvalue weighted by atomic mass is 9.86. The molecule has 8 heteroatoms. The van der Waals surface area contributed by atoms with Crippen molar-refractivity contribution in [1.29, 1.82) is 0 Å². The largest absolute Gasteiger partial charge is 0.373 e. The summed E-state index contributed by atoms with van der Waals surface area (Å²) in [5.74, 6) is 0. The first-order chi connectivity index (χ1) is 11.0. The fourth-order valence-electron chi connectivity index (χ4n) is 2.34. The van der Waals surface area contributed by atoms with E-state index < -0.39 is 24.4 Å². The van der Waals surface area contributed by atoms with E-state index in [1.54, 1.807) is 26.0 Å². The van der Waals surface area contributed by atoms with Crippen molar-refractivity contribution in [3.05, 3.63) is 45.5 Å². The van der Waals surface area contributed by atoms with Gasteiger partial charge in [-0.1, -0.05) is 45.0 Å². The molecule has 0 aliphatic carbocycles. The molecule has 7 nitrogen and oxygen atoms in total. The first kappa shape index (κ1) is 20.8. The van der Waals surface area contributed by atoms with Crippen molar-refractivity contribution < 1.29 is 23.6 Å². The van der Waals surface area contributed by atoms with E-state index in [1.807, 2.05) is 20.8 Å². The molecule has 0 saturated heterocycles. The summed E-state index contributed by atoms with van der Waals surface area (Å²) in [5, 5.41) is 19.7. The molecule has 0 radical (unpaired) electrons. The number of benzene rings is 1. The zero-order valence-electron chi connectivity index (χ0n) is 14.8. The van der Waals surface area contributed by atoms with Gasteiger partial charge in [0.15, 0.2) is 0 Å². The third-order valence-electron chi connectivity index (χ3n) is 3.61. The van der Waals surface area contributed by atoms with Gasteiger partial charge in [-0.3, -0.25) is 14.7 Å². The van der Waals surface area contributed by atoms with Crippen LogP contribution in [0.15, 0.2) is 24.3 Å². The van der Waals surface area contributed by atoms with Gasteiger partial charge in [0.2, 0.25) is 6.54 Å². The van der Waals surface area contributed by atoms with E-state index in [0.717, 1.165) is 5.56 Å². The Bertz CT molecular complexity index is 600. The van der Waals surface area contributed by atoms with Gasteiger partial charge in [-0.05, 0) is 24.8 Å². The summed E-state index contributed by atoms with van der Waals surface area (Å²) in [7, 11) is -4.16. The SMILES string of the molecule is CCOP(=O)(OCC)C(O)(C[N+](=O)[O-])c1ccc(C(C)(C)C)cc1. The summed E-state index contributed by atoms with van der Waals surface area (Å²) < 4.78 is 23.4. The zero-order chi connectivity index (χ0) is 18.6. The summed E-state index contributed by atoms with van der Waals surface area (Å²) in [4.78, 5) is 10.4. The van der Waals surface area contributed by atoms with Crippen LogP contribution in [0.1, 0.15) is 45.7 Å². The molecule has 0 amide bonds. The van der Waals surface area contributed by atoms with Gasteiger partial charge >= 0.3 is 7.60 Å². The first-order valence-corrected chi connectivity index (χ1v) is 9.39. The Morgan fingerprint density at radius 3 is 1.83 bits per heavy atom. The topological polar surface area (TPSA) is 98.9 Å². The number of rotatable bonds is 8. The van der Waals surface area contributed by atoms with Gasteiger partial charge in [-0.2, -0.15) is 0 Å².